The van der Waals surface area contributed by atoms with Crippen molar-refractivity contribution in [1.29, 1.82) is 0 Å². The Bertz CT molecular complexity index is 2650. The Balaban J connectivity index is 1.30. The molecule has 0 fully saturated rings. The van der Waals surface area contributed by atoms with Gasteiger partial charge in [-0.3, -0.25) is 0 Å². The van der Waals surface area contributed by atoms with Crippen LogP contribution in [0.3, 0.4) is 0 Å². The number of nitrogens with zero attached hydrogens (tertiary/aromatic N) is 1. The Labute approximate surface area is 277 Å². The monoisotopic (exact) mass is 696 g/mol. The minimum absolute atomic E-state index is 0.358. The third-order valence-electron chi connectivity index (χ3n) is 9.52. The van der Waals surface area contributed by atoms with Crippen molar-refractivity contribution in [2.75, 3.05) is 0 Å². The van der Waals surface area contributed by atoms with E-state index < -0.39 is 0 Å². The summed E-state index contributed by atoms with van der Waals surface area (Å²) in [5, 5.41) is 7.92. The second-order valence-electron chi connectivity index (χ2n) is 12.1. The third-order valence-corrected chi connectivity index (χ3v) is 12.6. The Morgan fingerprint density at radius 2 is 1.09 bits per heavy atom. The van der Waals surface area contributed by atoms with Gasteiger partial charge < -0.3 is 0 Å². The van der Waals surface area contributed by atoms with Crippen molar-refractivity contribution in [2.24, 2.45) is 0 Å². The summed E-state index contributed by atoms with van der Waals surface area (Å²) in [4.78, 5) is 0. The van der Waals surface area contributed by atoms with E-state index >= 15 is 0 Å². The predicted molar refractivity (Wildman–Crippen MR) is 189 cm³/mol. The van der Waals surface area contributed by atoms with Crippen LogP contribution < -0.4 is 21.2 Å². The van der Waals surface area contributed by atoms with Gasteiger partial charge in [-0.25, -0.2) is 0 Å². The van der Waals surface area contributed by atoms with Crippen LogP contribution in [0.25, 0.3) is 82.4 Å². The van der Waals surface area contributed by atoms with Crippen LogP contribution >= 0.6 is 0 Å². The van der Waals surface area contributed by atoms with Gasteiger partial charge in [-0.15, -0.1) is 0 Å². The Hall–Kier alpha value is -5.19. The van der Waals surface area contributed by atoms with Crippen LogP contribution in [0.15, 0.2) is 164 Å². The van der Waals surface area contributed by atoms with Crippen LogP contribution in [0, 0.1) is 7.14 Å². The van der Waals surface area contributed by atoms with E-state index in [0.29, 0.717) is 0 Å². The first-order valence-electron chi connectivity index (χ1n) is 15.7. The molecule has 0 N–H and O–H groups in total. The summed E-state index contributed by atoms with van der Waals surface area (Å²) in [5.74, 6) is 0. The molecule has 1 aliphatic rings. The summed E-state index contributed by atoms with van der Waals surface area (Å²) in [6.45, 7) is 0. The van der Waals surface area contributed by atoms with Crippen molar-refractivity contribution in [3.8, 4) is 39.1 Å². The molecule has 2 heteroatoms. The third kappa shape index (κ3) is 3.87. The van der Waals surface area contributed by atoms with Gasteiger partial charge in [0.1, 0.15) is 0 Å². The van der Waals surface area contributed by atoms with Crippen LogP contribution in [0.2, 0.25) is 0 Å². The van der Waals surface area contributed by atoms with E-state index in [-0.39, 0.29) is 21.2 Å². The first kappa shape index (κ1) is 26.1. The molecule has 0 unspecified atom stereocenters. The molecule has 1 aromatic heterocycles. The van der Waals surface area contributed by atoms with Gasteiger partial charge >= 0.3 is 279 Å². The van der Waals surface area contributed by atoms with Crippen LogP contribution in [-0.2, 0) is 0 Å². The van der Waals surface area contributed by atoms with Crippen LogP contribution in [0.1, 0.15) is 0 Å². The second-order valence-corrected chi connectivity index (χ2v) is 14.9. The summed E-state index contributed by atoms with van der Waals surface area (Å²) in [6, 6.07) is 60.6. The van der Waals surface area contributed by atoms with Gasteiger partial charge in [0, 0.05) is 0 Å². The van der Waals surface area contributed by atoms with Gasteiger partial charge in [0.25, 0.3) is 0 Å². The zero-order valence-corrected chi connectivity index (χ0v) is 27.1. The molecular weight excluding hydrogens is 669 g/mol. The number of halogens is 1. The van der Waals surface area contributed by atoms with Gasteiger partial charge in [-0.05, 0) is 0 Å². The SMILES string of the molecule is c1ccc(-c2ccc(-n3c4ccc(-c5ccc6ccccc6c5)cc4c4c5ccccc5c5c(c43)[I-]c3ccccc3-5)cc2)cc1. The van der Waals surface area contributed by atoms with E-state index in [9.17, 15) is 0 Å². The molecular formula is C44H27IN-. The number of rotatable bonds is 3. The summed E-state index contributed by atoms with van der Waals surface area (Å²) < 4.78 is 5.60. The van der Waals surface area contributed by atoms with Crippen LogP contribution in [0.5, 0.6) is 0 Å². The number of hydrogen-bond donors (Lipinski definition) is 0. The Morgan fingerprint density at radius 1 is 0.435 bits per heavy atom. The molecule has 0 atom stereocenters. The van der Waals surface area contributed by atoms with Crippen molar-refractivity contribution in [2.45, 2.75) is 0 Å². The summed E-state index contributed by atoms with van der Waals surface area (Å²) in [7, 11) is 0. The zero-order valence-electron chi connectivity index (χ0n) is 24.9. The molecule has 2 heterocycles. The standard InChI is InChI=1S/C44H27IN/c1-2-10-28(11-3-1)30-20-23-34(24-21-30)46-40-25-22-33(32-19-18-29-12-4-5-13-31(29)26-32)27-38(40)42-36-15-7-6-14-35(36)41-37-16-8-9-17-39(37)45-43(41)44(42)46/h1-27H/q-1. The fraction of sp³-hybridized carbons (Fsp3) is 0. The molecule has 0 saturated heterocycles. The van der Waals surface area contributed by atoms with Gasteiger partial charge in [-0.2, -0.15) is 0 Å². The average molecular weight is 697 g/mol. The minimum atomic E-state index is -0.358. The Kier molecular flexibility index (Phi) is 5.76. The molecule has 0 amide bonds. The molecule has 0 aliphatic carbocycles. The molecule has 216 valence electrons. The number of benzene rings is 8. The van der Waals surface area contributed by atoms with Crippen molar-refractivity contribution in [1.82, 2.24) is 4.57 Å². The zero-order chi connectivity index (χ0) is 30.2. The molecule has 1 nitrogen and oxygen atoms in total. The van der Waals surface area contributed by atoms with E-state index in [4.69, 9.17) is 0 Å². The molecule has 8 aromatic carbocycles. The fourth-order valence-electron chi connectivity index (χ4n) is 7.38. The molecule has 46 heavy (non-hydrogen) atoms. The van der Waals surface area contributed by atoms with E-state index in [1.54, 1.807) is 0 Å². The first-order chi connectivity index (χ1) is 22.8. The molecule has 0 saturated carbocycles. The van der Waals surface area contributed by atoms with Crippen molar-refractivity contribution in [3.05, 3.63) is 171 Å². The van der Waals surface area contributed by atoms with E-state index in [1.165, 1.54) is 89.6 Å². The second kappa shape index (κ2) is 10.2. The van der Waals surface area contributed by atoms with Gasteiger partial charge in [0.2, 0.25) is 0 Å². The summed E-state index contributed by atoms with van der Waals surface area (Å²) in [6.07, 6.45) is 0. The molecule has 1 aliphatic heterocycles. The molecule has 9 aromatic rings. The molecule has 0 radical (unpaired) electrons. The number of aromatic nitrogens is 1. The van der Waals surface area contributed by atoms with Crippen LogP contribution in [0.4, 0.5) is 0 Å². The van der Waals surface area contributed by atoms with Crippen molar-refractivity contribution in [3.63, 3.8) is 0 Å². The van der Waals surface area contributed by atoms with Gasteiger partial charge in [0.15, 0.2) is 0 Å². The maximum absolute atomic E-state index is 2.56. The van der Waals surface area contributed by atoms with Crippen LogP contribution in [-0.4, -0.2) is 4.57 Å². The fourth-order valence-corrected chi connectivity index (χ4v) is 10.7. The predicted octanol–water partition coefficient (Wildman–Crippen LogP) is 8.53. The van der Waals surface area contributed by atoms with Gasteiger partial charge in [-0.1, -0.05) is 0 Å². The van der Waals surface area contributed by atoms with Crippen molar-refractivity contribution < 1.29 is 21.2 Å². The normalized spacial score (nSPS) is 12.4. The number of hydrogen-bond acceptors (Lipinski definition) is 0. The average Bonchev–Trinajstić information content (AvgIpc) is 3.68. The van der Waals surface area contributed by atoms with Crippen molar-refractivity contribution >= 4 is 43.4 Å². The Morgan fingerprint density at radius 3 is 1.96 bits per heavy atom. The van der Waals surface area contributed by atoms with Gasteiger partial charge in [0.05, 0.1) is 0 Å². The van der Waals surface area contributed by atoms with E-state index in [2.05, 4.69) is 168 Å². The first-order valence-corrected chi connectivity index (χ1v) is 17.9. The van der Waals surface area contributed by atoms with E-state index in [1.807, 2.05) is 0 Å². The quantitative estimate of drug-likeness (QED) is 0.163. The summed E-state index contributed by atoms with van der Waals surface area (Å²) in [5.41, 5.74) is 11.7. The molecule has 10 rings (SSSR count). The number of fused-ring (bicyclic) bond motifs is 11. The molecule has 0 bridgehead atoms. The maximum atomic E-state index is 2.56. The molecule has 0 spiro atoms. The topological polar surface area (TPSA) is 4.93 Å². The summed E-state index contributed by atoms with van der Waals surface area (Å²) >= 11 is -0.358. The van der Waals surface area contributed by atoms with E-state index in [0.717, 1.165) is 0 Å².